The second kappa shape index (κ2) is 4.49. The lowest BCUT2D eigenvalue weighted by Gasteiger charge is -2.44. The molecule has 0 radical (unpaired) electrons. The van der Waals surface area contributed by atoms with Gasteiger partial charge in [-0.3, -0.25) is 4.79 Å². The number of fused-ring (bicyclic) bond motifs is 1. The minimum atomic E-state index is 0.00945. The lowest BCUT2D eigenvalue weighted by molar-refractivity contribution is -0.173. The van der Waals surface area contributed by atoms with Crippen LogP contribution in [0.3, 0.4) is 0 Å². The Labute approximate surface area is 101 Å². The molecule has 0 aliphatic carbocycles. The number of carbonyl (C=O) groups excluding carboxylic acids is 1. The van der Waals surface area contributed by atoms with Crippen LogP contribution in [0.25, 0.3) is 0 Å². The van der Waals surface area contributed by atoms with Crippen LogP contribution in [0.5, 0.6) is 0 Å². The summed E-state index contributed by atoms with van der Waals surface area (Å²) in [5, 5.41) is 0. The van der Waals surface area contributed by atoms with Crippen molar-refractivity contribution in [2.45, 2.75) is 38.0 Å². The third-order valence-corrected chi connectivity index (χ3v) is 3.66. The molecule has 0 spiro atoms. The molecule has 2 aliphatic heterocycles. The number of benzene rings is 1. The first-order chi connectivity index (χ1) is 8.36. The Balaban J connectivity index is 1.90. The lowest BCUT2D eigenvalue weighted by atomic mass is 9.96. The Bertz CT molecular complexity index is 402. The van der Waals surface area contributed by atoms with E-state index >= 15 is 0 Å². The summed E-state index contributed by atoms with van der Waals surface area (Å²) in [6.45, 7) is 0.758. The fraction of sp³-hybridized carbons (Fsp3) is 0.500. The van der Waals surface area contributed by atoms with Crippen LogP contribution in [-0.4, -0.2) is 23.6 Å². The van der Waals surface area contributed by atoms with Gasteiger partial charge in [-0.15, -0.1) is 0 Å². The molecule has 2 unspecified atom stereocenters. The summed E-state index contributed by atoms with van der Waals surface area (Å²) in [7, 11) is 0. The van der Waals surface area contributed by atoms with E-state index in [0.717, 1.165) is 25.9 Å². The van der Waals surface area contributed by atoms with Crippen molar-refractivity contribution in [1.82, 2.24) is 4.90 Å². The first kappa shape index (κ1) is 10.8. The van der Waals surface area contributed by atoms with Crippen molar-refractivity contribution >= 4 is 5.91 Å². The van der Waals surface area contributed by atoms with E-state index in [4.69, 9.17) is 4.74 Å². The zero-order chi connectivity index (χ0) is 11.7. The lowest BCUT2D eigenvalue weighted by Crippen LogP contribution is -2.50. The van der Waals surface area contributed by atoms with E-state index in [1.54, 1.807) is 0 Å². The highest BCUT2D eigenvalue weighted by molar-refractivity contribution is 5.77. The van der Waals surface area contributed by atoms with Gasteiger partial charge in [0.25, 0.3) is 0 Å². The summed E-state index contributed by atoms with van der Waals surface area (Å²) in [6, 6.07) is 10.5. The number of hydrogen-bond acceptors (Lipinski definition) is 2. The fourth-order valence-corrected chi connectivity index (χ4v) is 2.85. The summed E-state index contributed by atoms with van der Waals surface area (Å²) >= 11 is 0. The predicted octanol–water partition coefficient (Wildman–Crippen LogP) is 2.49. The standard InChI is InChI=1S/C14H17NO2/c16-13-7-4-8-14-15(13)12(9-10-17-14)11-5-2-1-3-6-11/h1-3,5-6,12,14H,4,7-10H2. The van der Waals surface area contributed by atoms with E-state index in [9.17, 15) is 4.79 Å². The van der Waals surface area contributed by atoms with Crippen LogP contribution in [0.15, 0.2) is 30.3 Å². The van der Waals surface area contributed by atoms with Gasteiger partial charge in [0, 0.05) is 6.42 Å². The number of piperidine rings is 1. The number of hydrogen-bond donors (Lipinski definition) is 0. The largest absolute Gasteiger partial charge is 0.358 e. The predicted molar refractivity (Wildman–Crippen MR) is 64.2 cm³/mol. The van der Waals surface area contributed by atoms with Crippen molar-refractivity contribution in [3.8, 4) is 0 Å². The zero-order valence-electron chi connectivity index (χ0n) is 9.84. The van der Waals surface area contributed by atoms with E-state index in [2.05, 4.69) is 12.1 Å². The van der Waals surface area contributed by atoms with Gasteiger partial charge in [-0.1, -0.05) is 30.3 Å². The average molecular weight is 231 g/mol. The van der Waals surface area contributed by atoms with Gasteiger partial charge >= 0.3 is 0 Å². The number of ether oxygens (including phenoxy) is 1. The number of nitrogens with zero attached hydrogens (tertiary/aromatic N) is 1. The molecule has 2 atom stereocenters. The molecule has 2 aliphatic rings. The van der Waals surface area contributed by atoms with E-state index in [0.29, 0.717) is 6.42 Å². The maximum absolute atomic E-state index is 12.1. The molecule has 1 amide bonds. The minimum Gasteiger partial charge on any atom is -0.358 e. The number of carbonyl (C=O) groups is 1. The summed E-state index contributed by atoms with van der Waals surface area (Å²) < 4.78 is 5.71. The summed E-state index contributed by atoms with van der Waals surface area (Å²) in [5.41, 5.74) is 1.23. The molecule has 3 rings (SSSR count). The van der Waals surface area contributed by atoms with Gasteiger partial charge in [0.05, 0.1) is 12.6 Å². The summed E-state index contributed by atoms with van der Waals surface area (Å²) in [6.07, 6.45) is 3.53. The first-order valence-electron chi connectivity index (χ1n) is 6.34. The van der Waals surface area contributed by atoms with Crippen molar-refractivity contribution in [3.05, 3.63) is 35.9 Å². The number of rotatable bonds is 1. The highest BCUT2D eigenvalue weighted by atomic mass is 16.5. The topological polar surface area (TPSA) is 29.5 Å². The van der Waals surface area contributed by atoms with Gasteiger partial charge in [-0.25, -0.2) is 0 Å². The van der Waals surface area contributed by atoms with E-state index in [1.807, 2.05) is 23.1 Å². The van der Waals surface area contributed by atoms with Crippen LogP contribution in [-0.2, 0) is 9.53 Å². The van der Waals surface area contributed by atoms with E-state index in [1.165, 1.54) is 5.56 Å². The van der Waals surface area contributed by atoms with Crippen LogP contribution in [0.2, 0.25) is 0 Å². The Morgan fingerprint density at radius 1 is 1.18 bits per heavy atom. The second-order valence-electron chi connectivity index (χ2n) is 4.73. The van der Waals surface area contributed by atoms with Crippen LogP contribution < -0.4 is 0 Å². The highest BCUT2D eigenvalue weighted by Gasteiger charge is 2.37. The molecule has 3 nitrogen and oxygen atoms in total. The van der Waals surface area contributed by atoms with Crippen molar-refractivity contribution in [3.63, 3.8) is 0 Å². The molecule has 2 heterocycles. The van der Waals surface area contributed by atoms with Gasteiger partial charge in [-0.05, 0) is 24.8 Å². The van der Waals surface area contributed by atoms with E-state index < -0.39 is 0 Å². The van der Waals surface area contributed by atoms with Gasteiger partial charge < -0.3 is 9.64 Å². The summed E-state index contributed by atoms with van der Waals surface area (Å²) in [5.74, 6) is 0.245. The van der Waals surface area contributed by atoms with Gasteiger partial charge in [0.1, 0.15) is 6.23 Å². The van der Waals surface area contributed by atoms with Crippen LogP contribution in [0, 0.1) is 0 Å². The molecule has 3 heteroatoms. The van der Waals surface area contributed by atoms with Crippen molar-refractivity contribution in [1.29, 1.82) is 0 Å². The molecular formula is C14H17NO2. The molecule has 0 N–H and O–H groups in total. The molecule has 1 aromatic rings. The monoisotopic (exact) mass is 231 g/mol. The second-order valence-corrected chi connectivity index (χ2v) is 4.73. The molecular weight excluding hydrogens is 214 g/mol. The van der Waals surface area contributed by atoms with Crippen LogP contribution in [0.1, 0.15) is 37.3 Å². The Hall–Kier alpha value is -1.35. The maximum Gasteiger partial charge on any atom is 0.225 e. The Morgan fingerprint density at radius 2 is 2.00 bits per heavy atom. The number of amides is 1. The minimum absolute atomic E-state index is 0.00945. The maximum atomic E-state index is 12.1. The zero-order valence-corrected chi connectivity index (χ0v) is 9.84. The molecule has 0 aromatic heterocycles. The van der Waals surface area contributed by atoms with E-state index in [-0.39, 0.29) is 18.2 Å². The molecule has 1 aromatic carbocycles. The highest BCUT2D eigenvalue weighted by Crippen LogP contribution is 2.35. The molecule has 2 saturated heterocycles. The SMILES string of the molecule is O=C1CCCC2OCCC(c3ccccc3)N12. The van der Waals surface area contributed by atoms with Gasteiger partial charge in [0.15, 0.2) is 0 Å². The smallest absolute Gasteiger partial charge is 0.225 e. The molecule has 0 bridgehead atoms. The first-order valence-corrected chi connectivity index (χ1v) is 6.34. The molecule has 2 fully saturated rings. The Kier molecular flexibility index (Phi) is 2.85. The van der Waals surface area contributed by atoms with Crippen LogP contribution in [0.4, 0.5) is 0 Å². The van der Waals surface area contributed by atoms with Crippen molar-refractivity contribution in [2.24, 2.45) is 0 Å². The normalized spacial score (nSPS) is 28.9. The van der Waals surface area contributed by atoms with Gasteiger partial charge in [-0.2, -0.15) is 0 Å². The Morgan fingerprint density at radius 3 is 2.82 bits per heavy atom. The van der Waals surface area contributed by atoms with Gasteiger partial charge in [0.2, 0.25) is 5.91 Å². The molecule has 17 heavy (non-hydrogen) atoms. The fourth-order valence-electron chi connectivity index (χ4n) is 2.85. The molecule has 0 saturated carbocycles. The van der Waals surface area contributed by atoms with Crippen LogP contribution >= 0.6 is 0 Å². The third kappa shape index (κ3) is 1.95. The quantitative estimate of drug-likeness (QED) is 0.743. The summed E-state index contributed by atoms with van der Waals surface area (Å²) in [4.78, 5) is 14.0. The molecule has 90 valence electrons. The van der Waals surface area contributed by atoms with Crippen molar-refractivity contribution in [2.75, 3.05) is 6.61 Å². The van der Waals surface area contributed by atoms with Crippen molar-refractivity contribution < 1.29 is 9.53 Å². The average Bonchev–Trinajstić information content (AvgIpc) is 2.39. The third-order valence-electron chi connectivity index (χ3n) is 3.66.